The van der Waals surface area contributed by atoms with Crippen LogP contribution in [0.5, 0.6) is 0 Å². The molecule has 0 radical (unpaired) electrons. The number of carboxylic acid groups (broad SMARTS) is 1. The van der Waals surface area contributed by atoms with Gasteiger partial charge in [-0.15, -0.1) is 0 Å². The van der Waals surface area contributed by atoms with E-state index in [9.17, 15) is 9.90 Å². The summed E-state index contributed by atoms with van der Waals surface area (Å²) in [6.45, 7) is 0.862. The molecule has 1 N–H and O–H groups in total. The average molecular weight is 285 g/mol. The van der Waals surface area contributed by atoms with E-state index in [0.29, 0.717) is 26.1 Å². The molecule has 1 aromatic rings. The van der Waals surface area contributed by atoms with Crippen LogP contribution in [0.3, 0.4) is 0 Å². The van der Waals surface area contributed by atoms with Crippen LogP contribution in [0.1, 0.15) is 12.0 Å². The molecule has 1 saturated heterocycles. The highest BCUT2D eigenvalue weighted by atomic mass is 79.9. The van der Waals surface area contributed by atoms with E-state index in [0.717, 1.165) is 10.0 Å². The van der Waals surface area contributed by atoms with E-state index in [1.165, 1.54) is 0 Å². The average Bonchev–Trinajstić information content (AvgIpc) is 2.71. The van der Waals surface area contributed by atoms with Crippen molar-refractivity contribution in [1.29, 1.82) is 0 Å². The van der Waals surface area contributed by atoms with Crippen LogP contribution in [0.2, 0.25) is 0 Å². The van der Waals surface area contributed by atoms with E-state index in [-0.39, 0.29) is 0 Å². The normalized spacial score (nSPS) is 24.6. The quantitative estimate of drug-likeness (QED) is 0.928. The van der Waals surface area contributed by atoms with Crippen LogP contribution < -0.4 is 0 Å². The second-order valence-electron chi connectivity index (χ2n) is 4.19. The Morgan fingerprint density at radius 2 is 2.12 bits per heavy atom. The van der Waals surface area contributed by atoms with Gasteiger partial charge in [-0.25, -0.2) is 0 Å². The number of ether oxygens (including phenoxy) is 1. The molecule has 1 heterocycles. The Bertz CT molecular complexity index is 380. The molecule has 0 spiro atoms. The summed E-state index contributed by atoms with van der Waals surface area (Å²) in [4.78, 5) is 11.3. The van der Waals surface area contributed by atoms with Crippen molar-refractivity contribution >= 4 is 21.9 Å². The van der Waals surface area contributed by atoms with Gasteiger partial charge in [0, 0.05) is 11.1 Å². The maximum absolute atomic E-state index is 11.3. The first-order chi connectivity index (χ1) is 7.62. The monoisotopic (exact) mass is 284 g/mol. The van der Waals surface area contributed by atoms with Crippen LogP contribution in [0.4, 0.5) is 0 Å². The van der Waals surface area contributed by atoms with Gasteiger partial charge >= 0.3 is 5.97 Å². The lowest BCUT2D eigenvalue weighted by atomic mass is 9.81. The fraction of sp³-hybridized carbons (Fsp3) is 0.417. The lowest BCUT2D eigenvalue weighted by molar-refractivity contribution is -0.148. The van der Waals surface area contributed by atoms with E-state index in [4.69, 9.17) is 4.74 Å². The predicted octanol–water partition coefficient (Wildman–Crippen LogP) is 2.48. The molecule has 0 saturated carbocycles. The van der Waals surface area contributed by atoms with Gasteiger partial charge in [-0.3, -0.25) is 4.79 Å². The summed E-state index contributed by atoms with van der Waals surface area (Å²) in [5.41, 5.74) is 0.310. The molecule has 1 aromatic carbocycles. The fourth-order valence-corrected chi connectivity index (χ4v) is 2.25. The summed E-state index contributed by atoms with van der Waals surface area (Å²) >= 11 is 3.36. The van der Waals surface area contributed by atoms with Crippen LogP contribution in [0.25, 0.3) is 0 Å². The molecule has 1 unspecified atom stereocenters. The topological polar surface area (TPSA) is 46.5 Å². The highest BCUT2D eigenvalue weighted by Crippen LogP contribution is 2.33. The molecular formula is C12H13BrO3. The standard InChI is InChI=1S/C12H13BrO3/c13-10-3-1-9(2-4-10)7-12(11(14)15)5-6-16-8-12/h1-4H,5-8H2,(H,14,15). The van der Waals surface area contributed by atoms with Crippen molar-refractivity contribution in [1.82, 2.24) is 0 Å². The highest BCUT2D eigenvalue weighted by molar-refractivity contribution is 9.10. The molecule has 16 heavy (non-hydrogen) atoms. The van der Waals surface area contributed by atoms with Gasteiger partial charge < -0.3 is 9.84 Å². The molecule has 4 heteroatoms. The zero-order chi connectivity index (χ0) is 11.6. The van der Waals surface area contributed by atoms with Gasteiger partial charge in [0.2, 0.25) is 0 Å². The molecule has 86 valence electrons. The molecule has 1 fully saturated rings. The zero-order valence-corrected chi connectivity index (χ0v) is 10.4. The minimum Gasteiger partial charge on any atom is -0.481 e. The van der Waals surface area contributed by atoms with Crippen molar-refractivity contribution in [3.05, 3.63) is 34.3 Å². The van der Waals surface area contributed by atoms with E-state index in [2.05, 4.69) is 15.9 Å². The molecule has 0 aromatic heterocycles. The number of carbonyl (C=O) groups is 1. The Hall–Kier alpha value is -0.870. The summed E-state index contributed by atoms with van der Waals surface area (Å²) in [5.74, 6) is -0.757. The first-order valence-corrected chi connectivity index (χ1v) is 5.97. The molecule has 0 bridgehead atoms. The molecule has 1 atom stereocenters. The SMILES string of the molecule is O=C(O)C1(Cc2ccc(Br)cc2)CCOC1. The molecular weight excluding hydrogens is 272 g/mol. The largest absolute Gasteiger partial charge is 0.481 e. The zero-order valence-electron chi connectivity index (χ0n) is 8.78. The first kappa shape index (κ1) is 11.6. The van der Waals surface area contributed by atoms with Gasteiger partial charge in [-0.1, -0.05) is 28.1 Å². The molecule has 1 aliphatic heterocycles. The van der Waals surface area contributed by atoms with Crippen molar-refractivity contribution in [2.24, 2.45) is 5.41 Å². The minimum absolute atomic E-state index is 0.318. The Kier molecular flexibility index (Phi) is 3.30. The lowest BCUT2D eigenvalue weighted by Crippen LogP contribution is -2.33. The number of hydrogen-bond donors (Lipinski definition) is 1. The van der Waals surface area contributed by atoms with Crippen LogP contribution in [-0.4, -0.2) is 24.3 Å². The van der Waals surface area contributed by atoms with Crippen molar-refractivity contribution in [2.75, 3.05) is 13.2 Å². The van der Waals surface area contributed by atoms with E-state index in [1.807, 2.05) is 24.3 Å². The Balaban J connectivity index is 2.18. The number of hydrogen-bond acceptors (Lipinski definition) is 2. The highest BCUT2D eigenvalue weighted by Gasteiger charge is 2.42. The molecule has 0 aliphatic carbocycles. The van der Waals surface area contributed by atoms with Crippen LogP contribution in [0.15, 0.2) is 28.7 Å². The van der Waals surface area contributed by atoms with Crippen LogP contribution in [-0.2, 0) is 16.0 Å². The van der Waals surface area contributed by atoms with E-state index in [1.54, 1.807) is 0 Å². The Morgan fingerprint density at radius 1 is 1.44 bits per heavy atom. The maximum atomic E-state index is 11.3. The van der Waals surface area contributed by atoms with Gasteiger partial charge in [0.15, 0.2) is 0 Å². The van der Waals surface area contributed by atoms with Gasteiger partial charge in [-0.05, 0) is 30.5 Å². The van der Waals surface area contributed by atoms with Crippen molar-refractivity contribution in [3.63, 3.8) is 0 Å². The number of benzene rings is 1. The lowest BCUT2D eigenvalue weighted by Gasteiger charge is -2.21. The van der Waals surface area contributed by atoms with Crippen molar-refractivity contribution < 1.29 is 14.6 Å². The second kappa shape index (κ2) is 4.55. The Labute approximate surface area is 103 Å². The smallest absolute Gasteiger partial charge is 0.312 e. The van der Waals surface area contributed by atoms with Crippen molar-refractivity contribution in [3.8, 4) is 0 Å². The summed E-state index contributed by atoms with van der Waals surface area (Å²) in [6.07, 6.45) is 1.13. The van der Waals surface area contributed by atoms with Gasteiger partial charge in [0.25, 0.3) is 0 Å². The number of carboxylic acids is 1. The number of halogens is 1. The van der Waals surface area contributed by atoms with E-state index < -0.39 is 11.4 Å². The van der Waals surface area contributed by atoms with Crippen LogP contribution >= 0.6 is 15.9 Å². The molecule has 0 amide bonds. The third-order valence-electron chi connectivity index (χ3n) is 3.01. The first-order valence-electron chi connectivity index (χ1n) is 5.18. The van der Waals surface area contributed by atoms with Crippen molar-refractivity contribution in [2.45, 2.75) is 12.8 Å². The summed E-state index contributed by atoms with van der Waals surface area (Å²) in [6, 6.07) is 7.77. The third kappa shape index (κ3) is 2.28. The third-order valence-corrected chi connectivity index (χ3v) is 3.54. The second-order valence-corrected chi connectivity index (χ2v) is 5.11. The molecule has 2 rings (SSSR count). The number of aliphatic carboxylic acids is 1. The summed E-state index contributed by atoms with van der Waals surface area (Å²) in [5, 5.41) is 9.29. The maximum Gasteiger partial charge on any atom is 0.312 e. The summed E-state index contributed by atoms with van der Waals surface area (Å²) in [7, 11) is 0. The molecule has 3 nitrogen and oxygen atoms in total. The fourth-order valence-electron chi connectivity index (χ4n) is 1.98. The minimum atomic E-state index is -0.757. The van der Waals surface area contributed by atoms with Gasteiger partial charge in [-0.2, -0.15) is 0 Å². The van der Waals surface area contributed by atoms with Gasteiger partial charge in [0.05, 0.1) is 12.0 Å². The summed E-state index contributed by atoms with van der Waals surface area (Å²) < 4.78 is 6.23. The molecule has 1 aliphatic rings. The number of rotatable bonds is 3. The Morgan fingerprint density at radius 3 is 2.62 bits per heavy atom. The van der Waals surface area contributed by atoms with Gasteiger partial charge in [0.1, 0.15) is 0 Å². The van der Waals surface area contributed by atoms with E-state index >= 15 is 0 Å². The predicted molar refractivity (Wildman–Crippen MR) is 63.4 cm³/mol. The van der Waals surface area contributed by atoms with Crippen LogP contribution in [0, 0.1) is 5.41 Å².